The quantitative estimate of drug-likeness (QED) is 0.412. The third kappa shape index (κ3) is 3.65. The topological polar surface area (TPSA) is 72.9 Å². The molecule has 4 aromatic rings. The Labute approximate surface area is 194 Å². The van der Waals surface area contributed by atoms with Gasteiger partial charge in [0.25, 0.3) is 0 Å². The van der Waals surface area contributed by atoms with Crippen LogP contribution in [-0.4, -0.2) is 32.8 Å². The second-order valence-electron chi connectivity index (χ2n) is 8.12. The molecule has 1 saturated heterocycles. The van der Waals surface area contributed by atoms with Crippen molar-refractivity contribution in [1.29, 1.82) is 0 Å². The molecule has 0 aliphatic carbocycles. The molecule has 0 saturated carbocycles. The number of hydrogen-bond donors (Lipinski definition) is 1. The van der Waals surface area contributed by atoms with Crippen molar-refractivity contribution in [2.75, 3.05) is 23.7 Å². The molecule has 0 spiro atoms. The number of benzene rings is 2. The Hall–Kier alpha value is -2.90. The summed E-state index contributed by atoms with van der Waals surface area (Å²) in [6, 6.07) is 11.6. The van der Waals surface area contributed by atoms with E-state index in [2.05, 4.69) is 16.9 Å². The zero-order valence-corrected chi connectivity index (χ0v) is 18.9. The molecule has 1 aliphatic heterocycles. The van der Waals surface area contributed by atoms with Gasteiger partial charge in [-0.15, -0.1) is 5.10 Å². The maximum absolute atomic E-state index is 14.8. The smallest absolute Gasteiger partial charge is 0.228 e. The van der Waals surface area contributed by atoms with Crippen LogP contribution in [0.4, 0.5) is 16.2 Å². The van der Waals surface area contributed by atoms with E-state index in [4.69, 9.17) is 38.9 Å². The van der Waals surface area contributed by atoms with E-state index in [1.54, 1.807) is 36.4 Å². The van der Waals surface area contributed by atoms with E-state index in [-0.39, 0.29) is 5.82 Å². The van der Waals surface area contributed by atoms with Gasteiger partial charge < -0.3 is 10.6 Å². The minimum Gasteiger partial charge on any atom is -0.383 e. The molecule has 164 valence electrons. The van der Waals surface area contributed by atoms with Gasteiger partial charge in [-0.05, 0) is 49.1 Å². The van der Waals surface area contributed by atoms with Gasteiger partial charge in [0.1, 0.15) is 11.6 Å². The van der Waals surface area contributed by atoms with Crippen LogP contribution >= 0.6 is 23.2 Å². The van der Waals surface area contributed by atoms with Crippen molar-refractivity contribution in [3.8, 4) is 16.9 Å². The molecule has 0 radical (unpaired) electrons. The fourth-order valence-corrected chi connectivity index (χ4v) is 4.30. The van der Waals surface area contributed by atoms with Crippen molar-refractivity contribution >= 4 is 46.0 Å². The molecule has 5 rings (SSSR count). The standard InChI is InChI=1S/C23H21Cl2FN6/c1-13-8-10-31(11-9-13)23-28-20(15-4-2-3-5-18(15)26)19-21(27)32(30-22(19)29-23)14-6-7-16(24)17(25)12-14/h2-7,12-13H,8-11,27H2,1H3. The summed E-state index contributed by atoms with van der Waals surface area (Å²) in [5.74, 6) is 1.11. The van der Waals surface area contributed by atoms with Crippen LogP contribution in [0.1, 0.15) is 19.8 Å². The van der Waals surface area contributed by atoms with E-state index in [1.165, 1.54) is 10.7 Å². The first-order chi connectivity index (χ1) is 15.4. The largest absolute Gasteiger partial charge is 0.383 e. The van der Waals surface area contributed by atoms with E-state index in [1.807, 2.05) is 0 Å². The number of hydrogen-bond acceptors (Lipinski definition) is 5. The number of fused-ring (bicyclic) bond motifs is 1. The first-order valence-electron chi connectivity index (χ1n) is 10.4. The molecule has 0 unspecified atom stereocenters. The summed E-state index contributed by atoms with van der Waals surface area (Å²) in [4.78, 5) is 11.6. The zero-order chi connectivity index (χ0) is 22.4. The fourth-order valence-electron chi connectivity index (χ4n) is 4.01. The van der Waals surface area contributed by atoms with E-state index in [0.717, 1.165) is 25.9 Å². The van der Waals surface area contributed by atoms with Crippen LogP contribution in [0.15, 0.2) is 42.5 Å². The number of aromatic nitrogens is 4. The van der Waals surface area contributed by atoms with E-state index in [9.17, 15) is 4.39 Å². The lowest BCUT2D eigenvalue weighted by Gasteiger charge is -2.30. The Morgan fingerprint density at radius 1 is 1.03 bits per heavy atom. The van der Waals surface area contributed by atoms with Crippen LogP contribution in [0.5, 0.6) is 0 Å². The highest BCUT2D eigenvalue weighted by molar-refractivity contribution is 6.42. The van der Waals surface area contributed by atoms with Crippen molar-refractivity contribution < 1.29 is 4.39 Å². The Bertz CT molecular complexity index is 1310. The maximum Gasteiger partial charge on any atom is 0.228 e. The number of piperidine rings is 1. The summed E-state index contributed by atoms with van der Waals surface area (Å²) in [5, 5.41) is 5.94. The second-order valence-corrected chi connectivity index (χ2v) is 8.93. The van der Waals surface area contributed by atoms with Gasteiger partial charge in [0, 0.05) is 18.7 Å². The Kier molecular flexibility index (Phi) is 5.39. The number of rotatable bonds is 3. The van der Waals surface area contributed by atoms with Gasteiger partial charge in [-0.1, -0.05) is 42.3 Å². The Morgan fingerprint density at radius 2 is 1.78 bits per heavy atom. The zero-order valence-electron chi connectivity index (χ0n) is 17.4. The van der Waals surface area contributed by atoms with Gasteiger partial charge in [-0.2, -0.15) is 4.98 Å². The molecule has 6 nitrogen and oxygen atoms in total. The molecular weight excluding hydrogens is 450 g/mol. The third-order valence-corrected chi connectivity index (χ3v) is 6.64. The molecule has 2 N–H and O–H groups in total. The van der Waals surface area contributed by atoms with Crippen LogP contribution < -0.4 is 10.6 Å². The summed E-state index contributed by atoms with van der Waals surface area (Å²) in [7, 11) is 0. The van der Waals surface area contributed by atoms with Crippen LogP contribution in [0, 0.1) is 11.7 Å². The predicted octanol–water partition coefficient (Wildman–Crippen LogP) is 5.75. The Balaban J connectivity index is 1.73. The maximum atomic E-state index is 14.8. The van der Waals surface area contributed by atoms with Gasteiger partial charge in [0.15, 0.2) is 5.65 Å². The van der Waals surface area contributed by atoms with Crippen LogP contribution in [-0.2, 0) is 0 Å². The monoisotopic (exact) mass is 470 g/mol. The normalized spacial score (nSPS) is 14.9. The average Bonchev–Trinajstić information content (AvgIpc) is 3.12. The number of nitrogen functional groups attached to an aromatic ring is 1. The highest BCUT2D eigenvalue weighted by Gasteiger charge is 2.24. The lowest BCUT2D eigenvalue weighted by molar-refractivity contribution is 0.434. The molecule has 2 aromatic carbocycles. The fraction of sp³-hybridized carbons (Fsp3) is 0.261. The van der Waals surface area contributed by atoms with Gasteiger partial charge in [-0.25, -0.2) is 14.1 Å². The predicted molar refractivity (Wildman–Crippen MR) is 127 cm³/mol. The third-order valence-electron chi connectivity index (χ3n) is 5.90. The van der Waals surface area contributed by atoms with Crippen LogP contribution in [0.25, 0.3) is 28.0 Å². The van der Waals surface area contributed by atoms with Crippen molar-refractivity contribution in [2.45, 2.75) is 19.8 Å². The number of halogens is 3. The highest BCUT2D eigenvalue weighted by Crippen LogP contribution is 2.36. The van der Waals surface area contributed by atoms with E-state index < -0.39 is 0 Å². The molecule has 3 heterocycles. The second kappa shape index (κ2) is 8.22. The van der Waals surface area contributed by atoms with Crippen molar-refractivity contribution in [3.63, 3.8) is 0 Å². The molecular formula is C23H21Cl2FN6. The van der Waals surface area contributed by atoms with Crippen molar-refractivity contribution in [1.82, 2.24) is 19.7 Å². The van der Waals surface area contributed by atoms with E-state index >= 15 is 0 Å². The van der Waals surface area contributed by atoms with Crippen molar-refractivity contribution in [3.05, 3.63) is 58.3 Å². The summed E-state index contributed by atoms with van der Waals surface area (Å²) in [5.41, 5.74) is 8.30. The summed E-state index contributed by atoms with van der Waals surface area (Å²) < 4.78 is 16.3. The molecule has 0 amide bonds. The van der Waals surface area contributed by atoms with Crippen molar-refractivity contribution in [2.24, 2.45) is 5.92 Å². The van der Waals surface area contributed by atoms with Gasteiger partial charge in [-0.3, -0.25) is 0 Å². The first kappa shape index (κ1) is 21.0. The van der Waals surface area contributed by atoms with Crippen LogP contribution in [0.3, 0.4) is 0 Å². The van der Waals surface area contributed by atoms with Gasteiger partial charge >= 0.3 is 0 Å². The molecule has 1 fully saturated rings. The molecule has 1 aliphatic rings. The molecule has 2 aromatic heterocycles. The molecule has 0 atom stereocenters. The lowest BCUT2D eigenvalue weighted by atomic mass is 9.99. The summed E-state index contributed by atoms with van der Waals surface area (Å²) in [6.45, 7) is 3.92. The molecule has 0 bridgehead atoms. The highest BCUT2D eigenvalue weighted by atomic mass is 35.5. The lowest BCUT2D eigenvalue weighted by Crippen LogP contribution is -2.34. The van der Waals surface area contributed by atoms with Gasteiger partial charge in [0.2, 0.25) is 5.95 Å². The van der Waals surface area contributed by atoms with E-state index in [0.29, 0.717) is 55.7 Å². The Morgan fingerprint density at radius 3 is 2.50 bits per heavy atom. The molecule has 9 heteroatoms. The summed E-state index contributed by atoms with van der Waals surface area (Å²) >= 11 is 12.3. The molecule has 32 heavy (non-hydrogen) atoms. The minimum absolute atomic E-state index is 0.301. The number of nitrogens with two attached hydrogens (primary N) is 1. The van der Waals surface area contributed by atoms with Gasteiger partial charge in [0.05, 0.1) is 26.8 Å². The minimum atomic E-state index is -0.382. The summed E-state index contributed by atoms with van der Waals surface area (Å²) in [6.07, 6.45) is 2.10. The average molecular weight is 471 g/mol. The first-order valence-corrected chi connectivity index (χ1v) is 11.2. The SMILES string of the molecule is CC1CCN(c2nc(-c3ccccc3F)c3c(N)n(-c4ccc(Cl)c(Cl)c4)nc3n2)CC1. The number of anilines is 2. The number of nitrogens with zero attached hydrogens (tertiary/aromatic N) is 5. The van der Waals surface area contributed by atoms with Crippen LogP contribution in [0.2, 0.25) is 10.0 Å².